The van der Waals surface area contributed by atoms with Gasteiger partial charge in [0.1, 0.15) is 5.82 Å². The predicted octanol–water partition coefficient (Wildman–Crippen LogP) is 2.38. The summed E-state index contributed by atoms with van der Waals surface area (Å²) < 4.78 is 0. The molecule has 0 saturated heterocycles. The van der Waals surface area contributed by atoms with Crippen LogP contribution in [-0.4, -0.2) is 11.5 Å². The monoisotopic (exact) mass is 189 g/mol. The average Bonchev–Trinajstić information content (AvgIpc) is 2.21. The third-order valence-electron chi connectivity index (χ3n) is 1.58. The lowest BCUT2D eigenvalue weighted by Gasteiger charge is -1.93. The number of pyridine rings is 1. The smallest absolute Gasteiger partial charge is 0.123 e. The molecule has 0 bridgehead atoms. The zero-order chi connectivity index (χ0) is 10.2. The van der Waals surface area contributed by atoms with E-state index < -0.39 is 0 Å². The number of azide groups is 1. The lowest BCUT2D eigenvalue weighted by atomic mass is 10.2. The zero-order valence-corrected chi connectivity index (χ0v) is 7.67. The van der Waals surface area contributed by atoms with E-state index in [1.54, 1.807) is 12.3 Å². The molecular formula is C9H11N5. The zero-order valence-electron chi connectivity index (χ0n) is 7.67. The normalized spacial score (nSPS) is 10.0. The number of rotatable bonds is 4. The van der Waals surface area contributed by atoms with Crippen molar-refractivity contribution in [2.75, 3.05) is 12.3 Å². The van der Waals surface area contributed by atoms with Gasteiger partial charge in [-0.3, -0.25) is 0 Å². The molecule has 0 aliphatic heterocycles. The fraction of sp³-hybridized carbons (Fsp3) is 0.222. The fourth-order valence-electron chi connectivity index (χ4n) is 0.912. The van der Waals surface area contributed by atoms with Crippen LogP contribution < -0.4 is 5.73 Å². The van der Waals surface area contributed by atoms with E-state index in [0.29, 0.717) is 12.4 Å². The predicted molar refractivity (Wildman–Crippen MR) is 56.3 cm³/mol. The second kappa shape index (κ2) is 5.61. The van der Waals surface area contributed by atoms with Crippen molar-refractivity contribution < 1.29 is 0 Å². The van der Waals surface area contributed by atoms with Gasteiger partial charge in [-0.1, -0.05) is 17.3 Å². The summed E-state index contributed by atoms with van der Waals surface area (Å²) >= 11 is 0. The van der Waals surface area contributed by atoms with Crippen LogP contribution in [-0.2, 0) is 0 Å². The Morgan fingerprint density at radius 3 is 3.07 bits per heavy atom. The van der Waals surface area contributed by atoms with Crippen LogP contribution in [0, 0.1) is 0 Å². The van der Waals surface area contributed by atoms with E-state index in [0.717, 1.165) is 12.0 Å². The van der Waals surface area contributed by atoms with E-state index in [2.05, 4.69) is 15.0 Å². The van der Waals surface area contributed by atoms with Crippen LogP contribution >= 0.6 is 0 Å². The third kappa shape index (κ3) is 3.60. The highest BCUT2D eigenvalue weighted by Gasteiger charge is 1.86. The van der Waals surface area contributed by atoms with Crippen molar-refractivity contribution in [3.8, 4) is 0 Å². The number of nitrogens with zero attached hydrogens (tertiary/aromatic N) is 4. The number of hydrogen-bond donors (Lipinski definition) is 1. The first-order valence-corrected chi connectivity index (χ1v) is 4.22. The summed E-state index contributed by atoms with van der Waals surface area (Å²) in [5.74, 6) is 0.510. The first-order chi connectivity index (χ1) is 6.83. The Morgan fingerprint density at radius 1 is 1.57 bits per heavy atom. The maximum Gasteiger partial charge on any atom is 0.123 e. The summed E-state index contributed by atoms with van der Waals surface area (Å²) in [4.78, 5) is 6.59. The molecule has 0 amide bonds. The van der Waals surface area contributed by atoms with Crippen molar-refractivity contribution in [3.63, 3.8) is 0 Å². The molecule has 2 N–H and O–H groups in total. The Morgan fingerprint density at radius 2 is 2.43 bits per heavy atom. The van der Waals surface area contributed by atoms with Gasteiger partial charge in [0, 0.05) is 17.7 Å². The van der Waals surface area contributed by atoms with Gasteiger partial charge in [0.2, 0.25) is 0 Å². The molecule has 0 atom stereocenters. The molecule has 5 nitrogen and oxygen atoms in total. The lowest BCUT2D eigenvalue weighted by molar-refractivity contribution is 0.995. The van der Waals surface area contributed by atoms with Crippen molar-refractivity contribution in [3.05, 3.63) is 40.4 Å². The quantitative estimate of drug-likeness (QED) is 0.341. The van der Waals surface area contributed by atoms with Gasteiger partial charge in [0.25, 0.3) is 0 Å². The highest BCUT2D eigenvalue weighted by Crippen LogP contribution is 2.03. The fourth-order valence-corrected chi connectivity index (χ4v) is 0.912. The van der Waals surface area contributed by atoms with Crippen LogP contribution in [0.5, 0.6) is 0 Å². The van der Waals surface area contributed by atoms with Gasteiger partial charge in [-0.15, -0.1) is 0 Å². The first-order valence-electron chi connectivity index (χ1n) is 4.22. The summed E-state index contributed by atoms with van der Waals surface area (Å²) in [7, 11) is 0. The van der Waals surface area contributed by atoms with Crippen molar-refractivity contribution >= 4 is 11.9 Å². The molecule has 1 rings (SSSR count). The van der Waals surface area contributed by atoms with Crippen LogP contribution in [0.4, 0.5) is 5.82 Å². The molecule has 0 unspecified atom stereocenters. The Hall–Kier alpha value is -2.00. The van der Waals surface area contributed by atoms with Crippen LogP contribution in [0.15, 0.2) is 29.5 Å². The molecule has 1 aromatic rings. The van der Waals surface area contributed by atoms with Crippen molar-refractivity contribution in [2.24, 2.45) is 5.11 Å². The molecule has 0 aliphatic rings. The van der Waals surface area contributed by atoms with Gasteiger partial charge in [-0.2, -0.15) is 0 Å². The van der Waals surface area contributed by atoms with Gasteiger partial charge in [0.05, 0.1) is 0 Å². The minimum absolute atomic E-state index is 0.482. The van der Waals surface area contributed by atoms with Gasteiger partial charge in [-0.25, -0.2) is 4.98 Å². The molecule has 0 fully saturated rings. The molecule has 0 saturated carbocycles. The number of nitrogens with two attached hydrogens (primary N) is 1. The minimum Gasteiger partial charge on any atom is -0.384 e. The number of anilines is 1. The Bertz CT molecular complexity index is 348. The summed E-state index contributed by atoms with van der Waals surface area (Å²) in [5.41, 5.74) is 14.4. The lowest BCUT2D eigenvalue weighted by Crippen LogP contribution is -1.88. The van der Waals surface area contributed by atoms with E-state index in [9.17, 15) is 0 Å². The standard InChI is InChI=1S/C9H11N5/c10-9-5-4-8(7-12-9)3-1-2-6-13-14-11/h1,3-5,7H,2,6H2,(H2,10,12). The van der Waals surface area contributed by atoms with Crippen molar-refractivity contribution in [2.45, 2.75) is 6.42 Å². The molecule has 14 heavy (non-hydrogen) atoms. The van der Waals surface area contributed by atoms with Gasteiger partial charge < -0.3 is 5.73 Å². The van der Waals surface area contributed by atoms with Crippen LogP contribution in [0.2, 0.25) is 0 Å². The van der Waals surface area contributed by atoms with E-state index in [1.807, 2.05) is 18.2 Å². The molecule has 1 heterocycles. The van der Waals surface area contributed by atoms with E-state index in [4.69, 9.17) is 11.3 Å². The topological polar surface area (TPSA) is 87.7 Å². The first kappa shape index (κ1) is 10.1. The van der Waals surface area contributed by atoms with Gasteiger partial charge in [-0.05, 0) is 29.6 Å². The van der Waals surface area contributed by atoms with E-state index in [1.165, 1.54) is 0 Å². The molecule has 0 radical (unpaired) electrons. The second-order valence-electron chi connectivity index (χ2n) is 2.66. The highest BCUT2D eigenvalue weighted by molar-refractivity contribution is 5.49. The molecule has 0 aliphatic carbocycles. The Balaban J connectivity index is 2.43. The summed E-state index contributed by atoms with van der Waals surface area (Å²) in [6.45, 7) is 0.482. The van der Waals surface area contributed by atoms with Gasteiger partial charge in [0.15, 0.2) is 0 Å². The Labute approximate surface area is 81.9 Å². The van der Waals surface area contributed by atoms with Crippen LogP contribution in [0.3, 0.4) is 0 Å². The SMILES string of the molecule is [N-]=[N+]=NCCC=Cc1ccc(N)nc1. The van der Waals surface area contributed by atoms with E-state index in [-0.39, 0.29) is 0 Å². The maximum atomic E-state index is 8.02. The van der Waals surface area contributed by atoms with Gasteiger partial charge >= 0.3 is 0 Å². The third-order valence-corrected chi connectivity index (χ3v) is 1.58. The van der Waals surface area contributed by atoms with Crippen molar-refractivity contribution in [1.82, 2.24) is 4.98 Å². The molecule has 1 aromatic heterocycles. The van der Waals surface area contributed by atoms with E-state index >= 15 is 0 Å². The second-order valence-corrected chi connectivity index (χ2v) is 2.66. The molecule has 72 valence electrons. The summed E-state index contributed by atoms with van der Waals surface area (Å²) in [5, 5.41) is 3.41. The summed E-state index contributed by atoms with van der Waals surface area (Å²) in [6.07, 6.45) is 6.27. The molecule has 0 spiro atoms. The van der Waals surface area contributed by atoms with Crippen LogP contribution in [0.25, 0.3) is 16.5 Å². The number of aromatic nitrogens is 1. The molecule has 5 heteroatoms. The Kier molecular flexibility index (Phi) is 4.04. The largest absolute Gasteiger partial charge is 0.384 e. The maximum absolute atomic E-state index is 8.02. The highest BCUT2D eigenvalue weighted by atomic mass is 15.1. The number of hydrogen-bond acceptors (Lipinski definition) is 3. The van der Waals surface area contributed by atoms with Crippen LogP contribution in [0.1, 0.15) is 12.0 Å². The molecule has 0 aromatic carbocycles. The number of nitrogen functional groups attached to an aromatic ring is 1. The minimum atomic E-state index is 0.482. The molecular weight excluding hydrogens is 178 g/mol. The average molecular weight is 189 g/mol. The van der Waals surface area contributed by atoms with Crippen molar-refractivity contribution in [1.29, 1.82) is 0 Å². The summed E-state index contributed by atoms with van der Waals surface area (Å²) in [6, 6.07) is 3.62.